The van der Waals surface area contributed by atoms with Crippen LogP contribution in [0.3, 0.4) is 0 Å². The third-order valence-electron chi connectivity index (χ3n) is 5.34. The molecule has 0 atom stereocenters. The van der Waals surface area contributed by atoms with Gasteiger partial charge in [0.15, 0.2) is 0 Å². The van der Waals surface area contributed by atoms with Crippen LogP contribution >= 0.6 is 0 Å². The zero-order valence-corrected chi connectivity index (χ0v) is 18.5. The zero-order valence-electron chi connectivity index (χ0n) is 18.5. The van der Waals surface area contributed by atoms with E-state index in [0.717, 1.165) is 17.6 Å². The fraction of sp³-hybridized carbons (Fsp3) is 0.957. The van der Waals surface area contributed by atoms with Crippen molar-refractivity contribution in [2.24, 2.45) is 0 Å². The van der Waals surface area contributed by atoms with Crippen LogP contribution in [0.1, 0.15) is 110 Å². The lowest BCUT2D eigenvalue weighted by atomic mass is 10.0. The van der Waals surface area contributed by atoms with Crippen LogP contribution < -0.4 is 0 Å². The van der Waals surface area contributed by atoms with Crippen LogP contribution in [0.25, 0.3) is 0 Å². The van der Waals surface area contributed by atoms with Gasteiger partial charge in [0.2, 0.25) is 0 Å². The van der Waals surface area contributed by atoms with E-state index >= 15 is 0 Å². The first-order chi connectivity index (χ1) is 12.5. The molecule has 0 spiro atoms. The maximum absolute atomic E-state index is 11.5. The number of hydrogen-bond acceptors (Lipinski definition) is 2. The van der Waals surface area contributed by atoms with Gasteiger partial charge in [0, 0.05) is 0 Å². The number of carbonyl (C=O) groups is 1. The predicted octanol–water partition coefficient (Wildman–Crippen LogP) is 6.50. The number of unbranched alkanes of at least 4 members (excludes halogenated alkanes) is 13. The average Bonchev–Trinajstić information content (AvgIpc) is 2.60. The normalized spacial score (nSPS) is 11.7. The Morgan fingerprint density at radius 1 is 0.654 bits per heavy atom. The first-order valence-electron chi connectivity index (χ1n) is 11.5. The molecule has 26 heavy (non-hydrogen) atoms. The van der Waals surface area contributed by atoms with E-state index in [0.29, 0.717) is 13.0 Å². The Hall–Kier alpha value is -0.570. The number of carbonyl (C=O) groups excluding carboxylic acids is 1. The van der Waals surface area contributed by atoms with Crippen molar-refractivity contribution in [3.8, 4) is 0 Å². The predicted molar refractivity (Wildman–Crippen MR) is 113 cm³/mol. The largest absolute Gasteiger partial charge is 0.466 e. The Morgan fingerprint density at radius 2 is 1.08 bits per heavy atom. The highest BCUT2D eigenvalue weighted by Crippen LogP contribution is 2.13. The van der Waals surface area contributed by atoms with Crippen molar-refractivity contribution in [2.45, 2.75) is 110 Å². The monoisotopic (exact) mass is 370 g/mol. The molecular weight excluding hydrogens is 322 g/mol. The summed E-state index contributed by atoms with van der Waals surface area (Å²) in [5.74, 6) is -0.0559. The van der Waals surface area contributed by atoms with Gasteiger partial charge in [-0.3, -0.25) is 4.79 Å². The van der Waals surface area contributed by atoms with Crippen LogP contribution in [0, 0.1) is 0 Å². The average molecular weight is 371 g/mol. The van der Waals surface area contributed by atoms with Gasteiger partial charge in [-0.1, -0.05) is 84.0 Å². The number of hydrogen-bond donors (Lipinski definition) is 0. The maximum Gasteiger partial charge on any atom is 0.311 e. The molecule has 0 aromatic heterocycles. The molecule has 0 rings (SSSR count). The van der Waals surface area contributed by atoms with Gasteiger partial charge in [0.25, 0.3) is 0 Å². The van der Waals surface area contributed by atoms with Gasteiger partial charge >= 0.3 is 5.97 Å². The summed E-state index contributed by atoms with van der Waals surface area (Å²) in [5, 5.41) is 0. The number of quaternary nitrogens is 1. The summed E-state index contributed by atoms with van der Waals surface area (Å²) in [6, 6.07) is 0. The number of nitrogens with zero attached hydrogens (tertiary/aromatic N) is 1. The van der Waals surface area contributed by atoms with Gasteiger partial charge in [-0.15, -0.1) is 0 Å². The highest BCUT2D eigenvalue weighted by atomic mass is 16.5. The van der Waals surface area contributed by atoms with E-state index in [1.807, 2.05) is 6.92 Å². The van der Waals surface area contributed by atoms with Crippen molar-refractivity contribution in [3.05, 3.63) is 0 Å². The van der Waals surface area contributed by atoms with Crippen LogP contribution in [-0.2, 0) is 9.53 Å². The standard InChI is InChI=1S/C23H48NO2/c1-5-7-8-9-10-11-12-13-14-15-16-17-18-19-21-24(3,4)22-20-23(25)26-6-2/h5-22H2,1-4H3/q+1. The van der Waals surface area contributed by atoms with Crippen molar-refractivity contribution >= 4 is 5.97 Å². The Morgan fingerprint density at radius 3 is 1.50 bits per heavy atom. The topological polar surface area (TPSA) is 26.3 Å². The van der Waals surface area contributed by atoms with Crippen LogP contribution in [-0.4, -0.2) is 44.2 Å². The number of rotatable bonds is 19. The van der Waals surface area contributed by atoms with Crippen LogP contribution in [0.4, 0.5) is 0 Å². The second kappa shape index (κ2) is 17.8. The molecule has 0 amide bonds. The molecule has 0 heterocycles. The molecule has 3 nitrogen and oxygen atoms in total. The van der Waals surface area contributed by atoms with Gasteiger partial charge in [0.1, 0.15) is 0 Å². The van der Waals surface area contributed by atoms with Gasteiger partial charge in [-0.25, -0.2) is 0 Å². The Labute approximate surface area is 164 Å². The first kappa shape index (κ1) is 25.4. The third kappa shape index (κ3) is 18.2. The molecule has 0 aliphatic heterocycles. The molecule has 0 aliphatic rings. The third-order valence-corrected chi connectivity index (χ3v) is 5.34. The molecule has 0 unspecified atom stereocenters. The molecule has 0 N–H and O–H groups in total. The molecule has 3 heteroatoms. The van der Waals surface area contributed by atoms with Gasteiger partial charge in [0.05, 0.1) is 40.2 Å². The molecule has 0 bridgehead atoms. The lowest BCUT2D eigenvalue weighted by Gasteiger charge is -2.29. The van der Waals surface area contributed by atoms with E-state index in [1.54, 1.807) is 0 Å². The second-order valence-electron chi connectivity index (χ2n) is 8.53. The van der Waals surface area contributed by atoms with Gasteiger partial charge < -0.3 is 9.22 Å². The molecular formula is C23H48NO2+. The summed E-state index contributed by atoms with van der Waals surface area (Å²) >= 11 is 0. The SMILES string of the molecule is CCCCCCCCCCCCCCCC[N+](C)(C)CCC(=O)OCC. The van der Waals surface area contributed by atoms with Crippen LogP contribution in [0.2, 0.25) is 0 Å². The Kier molecular flexibility index (Phi) is 17.4. The molecule has 0 fully saturated rings. The molecule has 0 aliphatic carbocycles. The van der Waals surface area contributed by atoms with E-state index in [4.69, 9.17) is 4.74 Å². The highest BCUT2D eigenvalue weighted by Gasteiger charge is 2.16. The maximum atomic E-state index is 11.5. The van der Waals surface area contributed by atoms with E-state index in [-0.39, 0.29) is 5.97 Å². The lowest BCUT2D eigenvalue weighted by molar-refractivity contribution is -0.890. The minimum absolute atomic E-state index is 0.0559. The second-order valence-corrected chi connectivity index (χ2v) is 8.53. The van der Waals surface area contributed by atoms with E-state index in [1.165, 1.54) is 89.9 Å². The summed E-state index contributed by atoms with van der Waals surface area (Å²) in [5.41, 5.74) is 0. The summed E-state index contributed by atoms with van der Waals surface area (Å²) in [6.45, 7) is 6.69. The smallest absolute Gasteiger partial charge is 0.311 e. The summed E-state index contributed by atoms with van der Waals surface area (Å²) in [4.78, 5) is 11.5. The number of esters is 1. The highest BCUT2D eigenvalue weighted by molar-refractivity contribution is 5.69. The minimum Gasteiger partial charge on any atom is -0.466 e. The van der Waals surface area contributed by atoms with E-state index in [2.05, 4.69) is 21.0 Å². The van der Waals surface area contributed by atoms with Crippen molar-refractivity contribution in [3.63, 3.8) is 0 Å². The molecule has 0 saturated carbocycles. The van der Waals surface area contributed by atoms with Crippen molar-refractivity contribution in [1.82, 2.24) is 0 Å². The lowest BCUT2D eigenvalue weighted by Crippen LogP contribution is -2.42. The zero-order chi connectivity index (χ0) is 19.5. The molecule has 156 valence electrons. The van der Waals surface area contributed by atoms with Crippen molar-refractivity contribution in [1.29, 1.82) is 0 Å². The molecule has 0 aromatic carbocycles. The molecule has 0 saturated heterocycles. The van der Waals surface area contributed by atoms with Gasteiger partial charge in [-0.05, 0) is 19.8 Å². The van der Waals surface area contributed by atoms with Crippen LogP contribution in [0.5, 0.6) is 0 Å². The Bertz CT molecular complexity index is 315. The summed E-state index contributed by atoms with van der Waals surface area (Å²) < 4.78 is 5.94. The van der Waals surface area contributed by atoms with Crippen LogP contribution in [0.15, 0.2) is 0 Å². The van der Waals surface area contributed by atoms with Gasteiger partial charge in [-0.2, -0.15) is 0 Å². The quantitative estimate of drug-likeness (QED) is 0.147. The molecule has 0 radical (unpaired) electrons. The van der Waals surface area contributed by atoms with E-state index < -0.39 is 0 Å². The van der Waals surface area contributed by atoms with Crippen molar-refractivity contribution in [2.75, 3.05) is 33.8 Å². The fourth-order valence-corrected chi connectivity index (χ4v) is 3.47. The summed E-state index contributed by atoms with van der Waals surface area (Å²) in [6.07, 6.45) is 20.2. The molecule has 0 aromatic rings. The fourth-order valence-electron chi connectivity index (χ4n) is 3.47. The minimum atomic E-state index is -0.0559. The Balaban J connectivity index is 3.33. The summed E-state index contributed by atoms with van der Waals surface area (Å²) in [7, 11) is 4.45. The van der Waals surface area contributed by atoms with Crippen molar-refractivity contribution < 1.29 is 14.0 Å². The number of ether oxygens (including phenoxy) is 1. The first-order valence-corrected chi connectivity index (χ1v) is 11.5. The van der Waals surface area contributed by atoms with E-state index in [9.17, 15) is 4.79 Å².